The number of anilines is 1. The van der Waals surface area contributed by atoms with Gasteiger partial charge in [-0.2, -0.15) is 5.26 Å². The van der Waals surface area contributed by atoms with Gasteiger partial charge in [0, 0.05) is 5.02 Å². The average Bonchev–Trinajstić information content (AvgIpc) is 2.54. The van der Waals surface area contributed by atoms with E-state index in [4.69, 9.17) is 37.9 Å². The van der Waals surface area contributed by atoms with E-state index in [1.165, 1.54) is 19.2 Å². The van der Waals surface area contributed by atoms with E-state index >= 15 is 0 Å². The maximum atomic E-state index is 12.0. The quantitative estimate of drug-likeness (QED) is 0.887. The van der Waals surface area contributed by atoms with Crippen molar-refractivity contribution >= 4 is 34.8 Å². The number of carbonyl (C=O) groups is 1. The lowest BCUT2D eigenvalue weighted by molar-refractivity contribution is -0.118. The van der Waals surface area contributed by atoms with E-state index in [9.17, 15) is 4.79 Å². The van der Waals surface area contributed by atoms with Crippen LogP contribution >= 0.6 is 23.2 Å². The molecule has 2 aromatic rings. The molecule has 1 N–H and O–H groups in total. The van der Waals surface area contributed by atoms with Crippen molar-refractivity contribution in [2.45, 2.75) is 0 Å². The van der Waals surface area contributed by atoms with E-state index < -0.39 is 5.91 Å². The van der Waals surface area contributed by atoms with Gasteiger partial charge in [0.2, 0.25) is 0 Å². The minimum atomic E-state index is -0.397. The van der Waals surface area contributed by atoms with Crippen molar-refractivity contribution in [1.29, 1.82) is 5.26 Å². The Balaban J connectivity index is 2.01. The predicted molar refractivity (Wildman–Crippen MR) is 88.3 cm³/mol. The molecule has 0 fully saturated rings. The highest BCUT2D eigenvalue weighted by Crippen LogP contribution is 2.28. The number of halogens is 2. The Morgan fingerprint density at radius 2 is 1.96 bits per heavy atom. The normalized spacial score (nSPS) is 9.83. The zero-order valence-corrected chi connectivity index (χ0v) is 13.6. The van der Waals surface area contributed by atoms with Crippen LogP contribution < -0.4 is 14.8 Å². The monoisotopic (exact) mass is 350 g/mol. The van der Waals surface area contributed by atoms with Gasteiger partial charge in [0.1, 0.15) is 11.5 Å². The molecule has 0 aliphatic heterocycles. The van der Waals surface area contributed by atoms with Crippen LogP contribution in [0.5, 0.6) is 11.5 Å². The molecule has 1 amide bonds. The second-order valence-electron chi connectivity index (χ2n) is 4.44. The third-order valence-electron chi connectivity index (χ3n) is 2.86. The summed E-state index contributed by atoms with van der Waals surface area (Å²) in [6.07, 6.45) is 0. The molecular formula is C16H12Cl2N2O3. The molecule has 7 heteroatoms. The van der Waals surface area contributed by atoms with Crippen molar-refractivity contribution < 1.29 is 14.3 Å². The Hall–Kier alpha value is -2.42. The molecule has 0 radical (unpaired) electrons. The second kappa shape index (κ2) is 7.73. The van der Waals surface area contributed by atoms with Gasteiger partial charge in [0.05, 0.1) is 29.5 Å². The number of ether oxygens (including phenoxy) is 2. The summed E-state index contributed by atoms with van der Waals surface area (Å²) in [5.74, 6) is 0.407. The zero-order chi connectivity index (χ0) is 16.8. The minimum absolute atomic E-state index is 0.249. The molecule has 0 aliphatic rings. The van der Waals surface area contributed by atoms with Gasteiger partial charge in [0.25, 0.3) is 5.91 Å². The fraction of sp³-hybridized carbons (Fsp3) is 0.125. The lowest BCUT2D eigenvalue weighted by atomic mass is 10.2. The van der Waals surface area contributed by atoms with Gasteiger partial charge in [-0.25, -0.2) is 0 Å². The van der Waals surface area contributed by atoms with Crippen LogP contribution in [0.25, 0.3) is 0 Å². The van der Waals surface area contributed by atoms with Crippen LogP contribution in [0.3, 0.4) is 0 Å². The number of nitriles is 1. The fourth-order valence-electron chi connectivity index (χ4n) is 1.79. The minimum Gasteiger partial charge on any atom is -0.495 e. The molecule has 0 saturated heterocycles. The Morgan fingerprint density at radius 1 is 1.22 bits per heavy atom. The number of rotatable bonds is 5. The second-order valence-corrected chi connectivity index (χ2v) is 5.28. The molecule has 5 nitrogen and oxygen atoms in total. The lowest BCUT2D eigenvalue weighted by Gasteiger charge is -2.11. The number of amides is 1. The Bertz CT molecular complexity index is 772. The molecule has 2 aromatic carbocycles. The maximum Gasteiger partial charge on any atom is 0.262 e. The third-order valence-corrected chi connectivity index (χ3v) is 3.39. The van der Waals surface area contributed by atoms with E-state index in [0.29, 0.717) is 27.8 Å². The summed E-state index contributed by atoms with van der Waals surface area (Å²) in [6, 6.07) is 11.4. The molecule has 0 aliphatic carbocycles. The number of hydrogen-bond acceptors (Lipinski definition) is 4. The van der Waals surface area contributed by atoms with Gasteiger partial charge in [-0.05, 0) is 36.4 Å². The SMILES string of the molecule is COc1ccc(Cl)cc1NC(=O)COc1ccc(C#N)cc1Cl. The third kappa shape index (κ3) is 4.52. The van der Waals surface area contributed by atoms with Crippen LogP contribution in [-0.4, -0.2) is 19.6 Å². The smallest absolute Gasteiger partial charge is 0.262 e. The van der Waals surface area contributed by atoms with Crippen LogP contribution in [0.2, 0.25) is 10.0 Å². The molecule has 0 bridgehead atoms. The van der Waals surface area contributed by atoms with Crippen molar-refractivity contribution in [3.8, 4) is 17.6 Å². The van der Waals surface area contributed by atoms with Crippen LogP contribution in [0.15, 0.2) is 36.4 Å². The molecule has 118 valence electrons. The van der Waals surface area contributed by atoms with E-state index in [1.807, 2.05) is 6.07 Å². The first-order valence-electron chi connectivity index (χ1n) is 6.49. The Morgan fingerprint density at radius 3 is 2.61 bits per heavy atom. The van der Waals surface area contributed by atoms with Crippen LogP contribution in [0, 0.1) is 11.3 Å². The molecule has 0 atom stereocenters. The van der Waals surface area contributed by atoms with E-state index in [2.05, 4.69) is 5.32 Å². The van der Waals surface area contributed by atoms with Crippen molar-refractivity contribution in [1.82, 2.24) is 0 Å². The first-order chi connectivity index (χ1) is 11.0. The maximum absolute atomic E-state index is 12.0. The van der Waals surface area contributed by atoms with E-state index in [1.54, 1.807) is 24.3 Å². The van der Waals surface area contributed by atoms with Crippen molar-refractivity contribution in [3.05, 3.63) is 52.0 Å². The summed E-state index contributed by atoms with van der Waals surface area (Å²) < 4.78 is 10.5. The van der Waals surface area contributed by atoms with Gasteiger partial charge in [-0.15, -0.1) is 0 Å². The topological polar surface area (TPSA) is 71.3 Å². The van der Waals surface area contributed by atoms with Gasteiger partial charge in [-0.3, -0.25) is 4.79 Å². The summed E-state index contributed by atoms with van der Waals surface area (Å²) >= 11 is 11.9. The molecule has 23 heavy (non-hydrogen) atoms. The summed E-state index contributed by atoms with van der Waals surface area (Å²) in [4.78, 5) is 12.0. The summed E-state index contributed by atoms with van der Waals surface area (Å²) in [5.41, 5.74) is 0.856. The lowest BCUT2D eigenvalue weighted by Crippen LogP contribution is -2.20. The van der Waals surface area contributed by atoms with Gasteiger partial charge in [-0.1, -0.05) is 23.2 Å². The summed E-state index contributed by atoms with van der Waals surface area (Å²) in [5, 5.41) is 12.1. The predicted octanol–water partition coefficient (Wildman–Crippen LogP) is 3.89. The molecule has 0 unspecified atom stereocenters. The molecular weight excluding hydrogens is 339 g/mol. The number of nitrogens with zero attached hydrogens (tertiary/aromatic N) is 1. The molecule has 0 heterocycles. The van der Waals surface area contributed by atoms with Crippen LogP contribution in [0.1, 0.15) is 5.56 Å². The van der Waals surface area contributed by atoms with Gasteiger partial charge < -0.3 is 14.8 Å². The number of nitrogens with one attached hydrogen (secondary N) is 1. The van der Waals surface area contributed by atoms with Crippen LogP contribution in [0.4, 0.5) is 5.69 Å². The number of benzene rings is 2. The van der Waals surface area contributed by atoms with Crippen LogP contribution in [-0.2, 0) is 4.79 Å². The first kappa shape index (κ1) is 16.9. The van der Waals surface area contributed by atoms with Crippen molar-refractivity contribution in [2.75, 3.05) is 19.0 Å². The van der Waals surface area contributed by atoms with E-state index in [0.717, 1.165) is 0 Å². The first-order valence-corrected chi connectivity index (χ1v) is 7.25. The van der Waals surface area contributed by atoms with Gasteiger partial charge in [0.15, 0.2) is 6.61 Å². The van der Waals surface area contributed by atoms with Crippen molar-refractivity contribution in [3.63, 3.8) is 0 Å². The number of carbonyl (C=O) groups excluding carboxylic acids is 1. The largest absolute Gasteiger partial charge is 0.495 e. The Labute approximate surface area is 143 Å². The molecule has 2 rings (SSSR count). The highest BCUT2D eigenvalue weighted by Gasteiger charge is 2.10. The Kier molecular flexibility index (Phi) is 5.69. The highest BCUT2D eigenvalue weighted by molar-refractivity contribution is 6.32. The van der Waals surface area contributed by atoms with Gasteiger partial charge >= 0.3 is 0 Å². The van der Waals surface area contributed by atoms with E-state index in [-0.39, 0.29) is 11.6 Å². The summed E-state index contributed by atoms with van der Waals surface area (Å²) in [7, 11) is 1.49. The fourth-order valence-corrected chi connectivity index (χ4v) is 2.20. The molecule has 0 spiro atoms. The zero-order valence-electron chi connectivity index (χ0n) is 12.1. The van der Waals surface area contributed by atoms with Crippen molar-refractivity contribution in [2.24, 2.45) is 0 Å². The molecule has 0 saturated carbocycles. The average molecular weight is 351 g/mol. The number of hydrogen-bond donors (Lipinski definition) is 1. The number of methoxy groups -OCH3 is 1. The highest BCUT2D eigenvalue weighted by atomic mass is 35.5. The summed E-state index contributed by atoms with van der Waals surface area (Å²) in [6.45, 7) is -0.249. The molecule has 0 aromatic heterocycles. The standard InChI is InChI=1S/C16H12Cl2N2O3/c1-22-15-5-3-11(17)7-13(15)20-16(21)9-23-14-4-2-10(8-19)6-12(14)18/h2-7H,9H2,1H3,(H,20,21).